The average molecular weight is 320 g/mol. The summed E-state index contributed by atoms with van der Waals surface area (Å²) >= 11 is 0. The molecule has 1 aliphatic heterocycles. The Morgan fingerprint density at radius 3 is 2.65 bits per heavy atom. The van der Waals surface area contributed by atoms with Crippen LogP contribution in [0.4, 0.5) is 10.1 Å². The molecule has 1 aromatic carbocycles. The number of halogens is 1. The van der Waals surface area contributed by atoms with Gasteiger partial charge in [-0.3, -0.25) is 4.90 Å². The summed E-state index contributed by atoms with van der Waals surface area (Å²) in [4.78, 5) is 4.41. The van der Waals surface area contributed by atoms with Crippen molar-refractivity contribution in [1.29, 1.82) is 5.41 Å². The fraction of sp³-hybridized carbons (Fsp3) is 0.471. The SMILES string of the molecule is CN/C=C(\C=N)c1ccc(OC)cc1N1CCN(CCF)CC1. The van der Waals surface area contributed by atoms with Gasteiger partial charge in [0.1, 0.15) is 12.4 Å². The summed E-state index contributed by atoms with van der Waals surface area (Å²) in [6.07, 6.45) is 3.17. The quantitative estimate of drug-likeness (QED) is 0.755. The van der Waals surface area contributed by atoms with Gasteiger partial charge in [0, 0.05) is 75.1 Å². The van der Waals surface area contributed by atoms with E-state index in [2.05, 4.69) is 15.1 Å². The maximum Gasteiger partial charge on any atom is 0.120 e. The van der Waals surface area contributed by atoms with E-state index in [1.165, 1.54) is 6.21 Å². The molecule has 6 heteroatoms. The first-order valence-corrected chi connectivity index (χ1v) is 7.83. The van der Waals surface area contributed by atoms with Gasteiger partial charge in [-0.1, -0.05) is 0 Å². The molecule has 1 aliphatic rings. The van der Waals surface area contributed by atoms with Crippen LogP contribution in [0.5, 0.6) is 5.75 Å². The number of alkyl halides is 1. The van der Waals surface area contributed by atoms with Crippen LogP contribution in [-0.2, 0) is 0 Å². The standard InChI is InChI=1S/C17H25FN4O/c1-20-13-14(12-19)16-4-3-15(23-2)11-17(16)22-9-7-21(6-5-18)8-10-22/h3-4,11-13,19-20H,5-10H2,1-2H3/b14-13+,19-12?. The molecule has 0 saturated carbocycles. The first-order valence-electron chi connectivity index (χ1n) is 7.83. The number of benzene rings is 1. The Morgan fingerprint density at radius 1 is 1.35 bits per heavy atom. The molecule has 1 fully saturated rings. The van der Waals surface area contributed by atoms with Crippen LogP contribution in [0.25, 0.3) is 5.57 Å². The van der Waals surface area contributed by atoms with E-state index in [9.17, 15) is 4.39 Å². The minimum Gasteiger partial charge on any atom is -0.497 e. The summed E-state index contributed by atoms with van der Waals surface area (Å²) in [5.41, 5.74) is 2.86. The zero-order chi connectivity index (χ0) is 16.7. The van der Waals surface area contributed by atoms with Crippen LogP contribution >= 0.6 is 0 Å². The second-order valence-electron chi connectivity index (χ2n) is 5.43. The molecule has 5 nitrogen and oxygen atoms in total. The number of nitrogens with one attached hydrogen (secondary N) is 2. The van der Waals surface area contributed by atoms with Gasteiger partial charge in [0.15, 0.2) is 0 Å². The Morgan fingerprint density at radius 2 is 2.09 bits per heavy atom. The Hall–Kier alpha value is -2.08. The number of piperazine rings is 1. The zero-order valence-electron chi connectivity index (χ0n) is 13.8. The van der Waals surface area contributed by atoms with Crippen molar-refractivity contribution in [3.8, 4) is 5.75 Å². The highest BCUT2D eigenvalue weighted by Crippen LogP contribution is 2.31. The normalized spacial score (nSPS) is 16.3. The van der Waals surface area contributed by atoms with Crippen LogP contribution in [0.2, 0.25) is 0 Å². The predicted octanol–water partition coefficient (Wildman–Crippen LogP) is 2.00. The van der Waals surface area contributed by atoms with Crippen molar-refractivity contribution >= 4 is 17.5 Å². The van der Waals surface area contributed by atoms with E-state index in [1.807, 2.05) is 31.4 Å². The fourth-order valence-electron chi connectivity index (χ4n) is 2.83. The predicted molar refractivity (Wildman–Crippen MR) is 93.4 cm³/mol. The van der Waals surface area contributed by atoms with Crippen molar-refractivity contribution in [2.45, 2.75) is 0 Å². The highest BCUT2D eigenvalue weighted by molar-refractivity contribution is 6.10. The van der Waals surface area contributed by atoms with Crippen molar-refractivity contribution in [1.82, 2.24) is 10.2 Å². The van der Waals surface area contributed by atoms with Crippen molar-refractivity contribution in [3.63, 3.8) is 0 Å². The van der Waals surface area contributed by atoms with Crippen LogP contribution in [-0.4, -0.2) is 64.7 Å². The lowest BCUT2D eigenvalue weighted by Gasteiger charge is -2.36. The molecule has 0 amide bonds. The molecular formula is C17H25FN4O. The maximum atomic E-state index is 12.5. The van der Waals surface area contributed by atoms with E-state index in [0.29, 0.717) is 6.54 Å². The Labute approximate surface area is 137 Å². The molecule has 0 unspecified atom stereocenters. The van der Waals surface area contributed by atoms with E-state index in [1.54, 1.807) is 7.11 Å². The topological polar surface area (TPSA) is 51.6 Å². The lowest BCUT2D eigenvalue weighted by Crippen LogP contribution is -2.47. The first-order chi connectivity index (χ1) is 11.2. The molecular weight excluding hydrogens is 295 g/mol. The minimum atomic E-state index is -0.298. The number of hydrogen-bond acceptors (Lipinski definition) is 5. The Bertz CT molecular complexity index is 554. The lowest BCUT2D eigenvalue weighted by atomic mass is 10.0. The Balaban J connectivity index is 2.28. The number of ether oxygens (including phenoxy) is 1. The second kappa shape index (κ2) is 8.53. The summed E-state index contributed by atoms with van der Waals surface area (Å²) in [5.74, 6) is 0.795. The number of methoxy groups -OCH3 is 1. The molecule has 0 aromatic heterocycles. The van der Waals surface area contributed by atoms with Crippen LogP contribution in [0, 0.1) is 5.41 Å². The largest absolute Gasteiger partial charge is 0.497 e. The van der Waals surface area contributed by atoms with Crippen molar-refractivity contribution < 1.29 is 9.13 Å². The van der Waals surface area contributed by atoms with Gasteiger partial charge in [-0.2, -0.15) is 0 Å². The summed E-state index contributed by atoms with van der Waals surface area (Å²) in [7, 11) is 3.47. The summed E-state index contributed by atoms with van der Waals surface area (Å²) in [6, 6.07) is 5.90. The minimum absolute atomic E-state index is 0.298. The van der Waals surface area contributed by atoms with Gasteiger partial charge in [0.25, 0.3) is 0 Å². The third-order valence-corrected chi connectivity index (χ3v) is 4.08. The molecule has 126 valence electrons. The fourth-order valence-corrected chi connectivity index (χ4v) is 2.83. The molecule has 23 heavy (non-hydrogen) atoms. The van der Waals surface area contributed by atoms with E-state index in [4.69, 9.17) is 10.1 Å². The highest BCUT2D eigenvalue weighted by Gasteiger charge is 2.20. The molecule has 1 saturated heterocycles. The van der Waals surface area contributed by atoms with Gasteiger partial charge in [-0.15, -0.1) is 0 Å². The van der Waals surface area contributed by atoms with Gasteiger partial charge in [0.2, 0.25) is 0 Å². The first kappa shape index (κ1) is 17.3. The van der Waals surface area contributed by atoms with Gasteiger partial charge in [0.05, 0.1) is 7.11 Å². The molecule has 1 heterocycles. The molecule has 0 atom stereocenters. The van der Waals surface area contributed by atoms with Gasteiger partial charge in [-0.25, -0.2) is 4.39 Å². The van der Waals surface area contributed by atoms with Crippen molar-refractivity contribution in [2.75, 3.05) is 58.5 Å². The van der Waals surface area contributed by atoms with Gasteiger partial charge in [-0.05, 0) is 12.1 Å². The van der Waals surface area contributed by atoms with Crippen LogP contribution < -0.4 is 15.0 Å². The molecule has 2 N–H and O–H groups in total. The van der Waals surface area contributed by atoms with E-state index < -0.39 is 0 Å². The second-order valence-corrected chi connectivity index (χ2v) is 5.43. The number of rotatable bonds is 7. The maximum absolute atomic E-state index is 12.5. The lowest BCUT2D eigenvalue weighted by molar-refractivity contribution is 0.235. The van der Waals surface area contributed by atoms with Crippen LogP contribution in [0.3, 0.4) is 0 Å². The molecule has 0 radical (unpaired) electrons. The molecule has 0 aliphatic carbocycles. The van der Waals surface area contributed by atoms with Gasteiger partial charge >= 0.3 is 0 Å². The third-order valence-electron chi connectivity index (χ3n) is 4.08. The van der Waals surface area contributed by atoms with Crippen LogP contribution in [0.15, 0.2) is 24.4 Å². The highest BCUT2D eigenvalue weighted by atomic mass is 19.1. The van der Waals surface area contributed by atoms with Crippen molar-refractivity contribution in [3.05, 3.63) is 30.0 Å². The molecule has 2 rings (SSSR count). The summed E-state index contributed by atoms with van der Waals surface area (Å²) in [5, 5.41) is 10.7. The smallest absolute Gasteiger partial charge is 0.120 e. The number of allylic oxidation sites excluding steroid dienone is 1. The van der Waals surface area contributed by atoms with Crippen LogP contribution in [0.1, 0.15) is 5.56 Å². The van der Waals surface area contributed by atoms with Gasteiger partial charge < -0.3 is 20.4 Å². The zero-order valence-corrected chi connectivity index (χ0v) is 13.8. The third kappa shape index (κ3) is 4.22. The summed E-state index contributed by atoms with van der Waals surface area (Å²) < 4.78 is 17.8. The molecule has 1 aromatic rings. The number of hydrogen-bond donors (Lipinski definition) is 2. The molecule has 0 bridgehead atoms. The van der Waals surface area contributed by atoms with Crippen molar-refractivity contribution in [2.24, 2.45) is 0 Å². The van der Waals surface area contributed by atoms with E-state index in [0.717, 1.165) is 48.8 Å². The number of nitrogens with zero attached hydrogens (tertiary/aromatic N) is 2. The van der Waals surface area contributed by atoms with E-state index >= 15 is 0 Å². The summed E-state index contributed by atoms with van der Waals surface area (Å²) in [6.45, 7) is 3.57. The monoisotopic (exact) mass is 320 g/mol. The average Bonchev–Trinajstić information content (AvgIpc) is 2.60. The molecule has 0 spiro atoms. The Kier molecular flexibility index (Phi) is 6.40. The number of anilines is 1. The van der Waals surface area contributed by atoms with E-state index in [-0.39, 0.29) is 6.67 Å².